The van der Waals surface area contributed by atoms with Crippen molar-refractivity contribution >= 4 is 11.1 Å². The number of H-pyrrole nitrogens is 1. The van der Waals surface area contributed by atoms with E-state index in [4.69, 9.17) is 4.42 Å². The van der Waals surface area contributed by atoms with E-state index < -0.39 is 11.7 Å². The first kappa shape index (κ1) is 14.5. The SMILES string of the molecule is FC(F)(F)c1ccc(-c2[nH]ncc2-c2nc3ccccc3o2)cc1. The highest BCUT2D eigenvalue weighted by Gasteiger charge is 2.30. The zero-order valence-electron chi connectivity index (χ0n) is 12.1. The summed E-state index contributed by atoms with van der Waals surface area (Å²) in [7, 11) is 0. The van der Waals surface area contributed by atoms with Crippen LogP contribution in [0.2, 0.25) is 0 Å². The van der Waals surface area contributed by atoms with Gasteiger partial charge < -0.3 is 4.42 Å². The monoisotopic (exact) mass is 329 g/mol. The zero-order chi connectivity index (χ0) is 16.7. The predicted octanol–water partition coefficient (Wildman–Crippen LogP) is 4.90. The van der Waals surface area contributed by atoms with Crippen molar-refractivity contribution in [3.8, 4) is 22.7 Å². The largest absolute Gasteiger partial charge is 0.436 e. The van der Waals surface area contributed by atoms with Crippen LogP contribution in [-0.2, 0) is 6.18 Å². The second-order valence-corrected chi connectivity index (χ2v) is 5.22. The van der Waals surface area contributed by atoms with Gasteiger partial charge in [0.2, 0.25) is 5.89 Å². The van der Waals surface area contributed by atoms with Crippen LogP contribution >= 0.6 is 0 Å². The molecule has 1 N–H and O–H groups in total. The molecule has 2 heterocycles. The van der Waals surface area contributed by atoms with Crippen LogP contribution < -0.4 is 0 Å². The number of benzene rings is 2. The number of fused-ring (bicyclic) bond motifs is 1. The zero-order valence-corrected chi connectivity index (χ0v) is 12.1. The molecule has 0 saturated heterocycles. The normalized spacial score (nSPS) is 12.0. The van der Waals surface area contributed by atoms with Gasteiger partial charge in [0.1, 0.15) is 5.52 Å². The standard InChI is InChI=1S/C17H10F3N3O/c18-17(19,20)11-7-5-10(6-8-11)15-12(9-21-23-15)16-22-13-3-1-2-4-14(13)24-16/h1-9H,(H,21,23). The summed E-state index contributed by atoms with van der Waals surface area (Å²) in [5.74, 6) is 0.361. The van der Waals surface area contributed by atoms with Crippen LogP contribution in [0.1, 0.15) is 5.56 Å². The lowest BCUT2D eigenvalue weighted by atomic mass is 10.1. The minimum absolute atomic E-state index is 0.361. The minimum atomic E-state index is -4.37. The van der Waals surface area contributed by atoms with Crippen molar-refractivity contribution in [1.29, 1.82) is 0 Å². The first-order valence-corrected chi connectivity index (χ1v) is 7.09. The Hall–Kier alpha value is -3.09. The molecular formula is C17H10F3N3O. The van der Waals surface area contributed by atoms with E-state index in [0.717, 1.165) is 12.1 Å². The Morgan fingerprint density at radius 3 is 2.42 bits per heavy atom. The van der Waals surface area contributed by atoms with Gasteiger partial charge in [-0.25, -0.2) is 4.98 Å². The van der Waals surface area contributed by atoms with E-state index in [1.807, 2.05) is 18.2 Å². The number of nitrogens with one attached hydrogen (secondary N) is 1. The molecule has 24 heavy (non-hydrogen) atoms. The van der Waals surface area contributed by atoms with Crippen molar-refractivity contribution in [3.05, 3.63) is 60.3 Å². The number of nitrogens with zero attached hydrogens (tertiary/aromatic N) is 2. The molecule has 0 radical (unpaired) electrons. The number of aromatic amines is 1. The third kappa shape index (κ3) is 2.44. The molecule has 2 aromatic heterocycles. The van der Waals surface area contributed by atoms with Crippen molar-refractivity contribution < 1.29 is 17.6 Å². The van der Waals surface area contributed by atoms with Crippen molar-refractivity contribution in [1.82, 2.24) is 15.2 Å². The van der Waals surface area contributed by atoms with Crippen LogP contribution in [0.5, 0.6) is 0 Å². The van der Waals surface area contributed by atoms with E-state index >= 15 is 0 Å². The first-order chi connectivity index (χ1) is 11.5. The molecule has 0 bridgehead atoms. The van der Waals surface area contributed by atoms with Gasteiger partial charge in [-0.15, -0.1) is 0 Å². The average Bonchev–Trinajstić information content (AvgIpc) is 3.20. The fraction of sp³-hybridized carbons (Fsp3) is 0.0588. The molecule has 2 aromatic carbocycles. The van der Waals surface area contributed by atoms with Crippen molar-refractivity contribution in [2.75, 3.05) is 0 Å². The quantitative estimate of drug-likeness (QED) is 0.569. The van der Waals surface area contributed by atoms with E-state index in [-0.39, 0.29) is 0 Å². The number of oxazole rings is 1. The van der Waals surface area contributed by atoms with Gasteiger partial charge in [0, 0.05) is 5.56 Å². The maximum Gasteiger partial charge on any atom is 0.416 e. The Balaban J connectivity index is 1.77. The maximum atomic E-state index is 12.7. The van der Waals surface area contributed by atoms with E-state index in [9.17, 15) is 13.2 Å². The van der Waals surface area contributed by atoms with Crippen LogP contribution in [-0.4, -0.2) is 15.2 Å². The fourth-order valence-electron chi connectivity index (χ4n) is 2.48. The third-order valence-corrected chi connectivity index (χ3v) is 3.66. The highest BCUT2D eigenvalue weighted by molar-refractivity contribution is 5.81. The molecule has 4 nitrogen and oxygen atoms in total. The van der Waals surface area contributed by atoms with Crippen molar-refractivity contribution in [3.63, 3.8) is 0 Å². The summed E-state index contributed by atoms with van der Waals surface area (Å²) in [6, 6.07) is 12.1. The van der Waals surface area contributed by atoms with Crippen molar-refractivity contribution in [2.24, 2.45) is 0 Å². The Kier molecular flexibility index (Phi) is 3.16. The molecule has 0 spiro atoms. The fourth-order valence-corrected chi connectivity index (χ4v) is 2.48. The van der Waals surface area contributed by atoms with Gasteiger partial charge in [-0.1, -0.05) is 24.3 Å². The average molecular weight is 329 g/mol. The second-order valence-electron chi connectivity index (χ2n) is 5.22. The van der Waals surface area contributed by atoms with E-state index in [1.165, 1.54) is 18.3 Å². The number of aromatic nitrogens is 3. The molecule has 0 aliphatic rings. The van der Waals surface area contributed by atoms with E-state index in [2.05, 4.69) is 15.2 Å². The molecule has 4 rings (SSSR count). The highest BCUT2D eigenvalue weighted by Crippen LogP contribution is 2.34. The Morgan fingerprint density at radius 2 is 1.71 bits per heavy atom. The van der Waals surface area contributed by atoms with Gasteiger partial charge >= 0.3 is 6.18 Å². The summed E-state index contributed by atoms with van der Waals surface area (Å²) in [5, 5.41) is 6.76. The first-order valence-electron chi connectivity index (χ1n) is 7.09. The summed E-state index contributed by atoms with van der Waals surface area (Å²) < 4.78 is 43.7. The molecule has 0 aliphatic heterocycles. The van der Waals surface area contributed by atoms with Gasteiger partial charge in [-0.2, -0.15) is 18.3 Å². The topological polar surface area (TPSA) is 54.7 Å². The summed E-state index contributed by atoms with van der Waals surface area (Å²) in [5.41, 5.74) is 2.34. The van der Waals surface area contributed by atoms with Gasteiger partial charge in [-0.05, 0) is 24.3 Å². The van der Waals surface area contributed by atoms with Crippen LogP contribution in [0, 0.1) is 0 Å². The molecular weight excluding hydrogens is 319 g/mol. The Labute approximate surface area is 134 Å². The maximum absolute atomic E-state index is 12.7. The molecule has 0 atom stereocenters. The highest BCUT2D eigenvalue weighted by atomic mass is 19.4. The summed E-state index contributed by atoms with van der Waals surface area (Å²) in [4.78, 5) is 4.39. The van der Waals surface area contributed by atoms with Crippen LogP contribution in [0.15, 0.2) is 59.1 Å². The minimum Gasteiger partial charge on any atom is -0.436 e. The number of para-hydroxylation sites is 2. The molecule has 0 fully saturated rings. The smallest absolute Gasteiger partial charge is 0.416 e. The second kappa shape index (κ2) is 5.23. The molecule has 120 valence electrons. The molecule has 4 aromatic rings. The summed E-state index contributed by atoms with van der Waals surface area (Å²) in [6.07, 6.45) is -2.83. The van der Waals surface area contributed by atoms with Crippen LogP contribution in [0.25, 0.3) is 33.8 Å². The lowest BCUT2D eigenvalue weighted by Gasteiger charge is -2.07. The number of halogens is 3. The van der Waals surface area contributed by atoms with E-state index in [1.54, 1.807) is 6.07 Å². The molecule has 0 amide bonds. The molecule has 0 aliphatic carbocycles. The number of rotatable bonds is 2. The Bertz CT molecular complexity index is 967. The van der Waals surface area contributed by atoms with Gasteiger partial charge in [0.05, 0.1) is 23.0 Å². The van der Waals surface area contributed by atoms with Crippen LogP contribution in [0.4, 0.5) is 13.2 Å². The molecule has 7 heteroatoms. The van der Waals surface area contributed by atoms with Crippen molar-refractivity contribution in [2.45, 2.75) is 6.18 Å². The lowest BCUT2D eigenvalue weighted by Crippen LogP contribution is -2.04. The molecule has 0 saturated carbocycles. The molecule has 0 unspecified atom stereocenters. The van der Waals surface area contributed by atoms with Gasteiger partial charge in [-0.3, -0.25) is 5.10 Å². The third-order valence-electron chi connectivity index (χ3n) is 3.66. The van der Waals surface area contributed by atoms with Crippen LogP contribution in [0.3, 0.4) is 0 Å². The number of alkyl halides is 3. The van der Waals surface area contributed by atoms with E-state index in [0.29, 0.717) is 33.8 Å². The summed E-state index contributed by atoms with van der Waals surface area (Å²) >= 11 is 0. The summed E-state index contributed by atoms with van der Waals surface area (Å²) in [6.45, 7) is 0. The van der Waals surface area contributed by atoms with Gasteiger partial charge in [0.15, 0.2) is 5.58 Å². The number of hydrogen-bond acceptors (Lipinski definition) is 3. The predicted molar refractivity (Wildman–Crippen MR) is 82.0 cm³/mol. The van der Waals surface area contributed by atoms with Gasteiger partial charge in [0.25, 0.3) is 0 Å². The number of hydrogen-bond donors (Lipinski definition) is 1. The Morgan fingerprint density at radius 1 is 0.958 bits per heavy atom. The lowest BCUT2D eigenvalue weighted by molar-refractivity contribution is -0.137.